The number of likely N-dealkylation sites (tertiary alicyclic amines) is 1. The number of nitrogens with one attached hydrogen (secondary N) is 2. The summed E-state index contributed by atoms with van der Waals surface area (Å²) in [5.74, 6) is -0.613. The van der Waals surface area contributed by atoms with Crippen LogP contribution in [0.15, 0.2) is 53.8 Å². The van der Waals surface area contributed by atoms with Gasteiger partial charge in [0.2, 0.25) is 21.8 Å². The van der Waals surface area contributed by atoms with Crippen molar-refractivity contribution in [3.05, 3.63) is 59.6 Å². The second-order valence-electron chi connectivity index (χ2n) is 8.50. The van der Waals surface area contributed by atoms with E-state index in [0.717, 1.165) is 16.5 Å². The summed E-state index contributed by atoms with van der Waals surface area (Å²) < 4.78 is 28.5. The molecule has 37 heavy (non-hydrogen) atoms. The van der Waals surface area contributed by atoms with Crippen LogP contribution in [0.5, 0.6) is 0 Å². The summed E-state index contributed by atoms with van der Waals surface area (Å²) in [6.07, 6.45) is 4.23. The predicted molar refractivity (Wildman–Crippen MR) is 137 cm³/mol. The minimum absolute atomic E-state index is 0.0656. The number of hydrogen-bond donors (Lipinski definition) is 3. The molecule has 13 heteroatoms. The molecule has 2 aromatic carbocycles. The number of carbonyl (C=O) groups excluding carboxylic acids is 2. The molecule has 0 bridgehead atoms. The molecule has 0 spiro atoms. The number of nitrogens with zero attached hydrogens (tertiary/aromatic N) is 3. The van der Waals surface area contributed by atoms with Crippen molar-refractivity contribution in [2.75, 3.05) is 20.1 Å². The van der Waals surface area contributed by atoms with Crippen molar-refractivity contribution in [3.63, 3.8) is 0 Å². The Morgan fingerprint density at radius 1 is 1.32 bits per heavy atom. The molecule has 0 radical (unpaired) electrons. The average molecular weight is 550 g/mol. The van der Waals surface area contributed by atoms with Gasteiger partial charge in [-0.3, -0.25) is 14.4 Å². The van der Waals surface area contributed by atoms with Crippen molar-refractivity contribution < 1.29 is 27.9 Å². The Labute approximate surface area is 219 Å². The van der Waals surface area contributed by atoms with Crippen molar-refractivity contribution >= 4 is 50.7 Å². The lowest BCUT2D eigenvalue weighted by molar-refractivity contribution is -0.142. The molecule has 0 saturated carbocycles. The number of halogens is 1. The summed E-state index contributed by atoms with van der Waals surface area (Å²) in [5.41, 5.74) is 0.843. The zero-order valence-electron chi connectivity index (χ0n) is 20.3. The molecule has 1 aliphatic rings. The molecule has 198 valence electrons. The first-order chi connectivity index (χ1) is 17.6. The Bertz CT molecular complexity index is 1370. The van der Waals surface area contributed by atoms with Gasteiger partial charge >= 0.3 is 0 Å². The van der Waals surface area contributed by atoms with Crippen LogP contribution in [0.2, 0.25) is 5.02 Å². The van der Waals surface area contributed by atoms with Crippen LogP contribution in [-0.4, -0.2) is 83.8 Å². The Morgan fingerprint density at radius 2 is 2.00 bits per heavy atom. The fraction of sp³-hybridized carbons (Fsp3) is 0.333. The summed E-state index contributed by atoms with van der Waals surface area (Å²) in [6.45, 7) is 2.16. The second kappa shape index (κ2) is 12.2. The zero-order chi connectivity index (χ0) is 27.2. The molecule has 2 heterocycles. The normalized spacial score (nSPS) is 16.2. The summed E-state index contributed by atoms with van der Waals surface area (Å²) in [4.78, 5) is 44.3. The number of amides is 2. The van der Waals surface area contributed by atoms with Gasteiger partial charge in [-0.2, -0.15) is 4.72 Å². The second-order valence-corrected chi connectivity index (χ2v) is 10.6. The van der Waals surface area contributed by atoms with Crippen molar-refractivity contribution in [2.24, 2.45) is 0 Å². The maximum Gasteiger partial charge on any atom is 0.290 e. The molecule has 1 aliphatic heterocycles. The van der Waals surface area contributed by atoms with E-state index in [4.69, 9.17) is 21.5 Å². The van der Waals surface area contributed by atoms with E-state index in [0.29, 0.717) is 24.5 Å². The zero-order valence-corrected chi connectivity index (χ0v) is 21.9. The molecule has 4 rings (SSSR count). The van der Waals surface area contributed by atoms with Crippen molar-refractivity contribution in [3.8, 4) is 0 Å². The highest BCUT2D eigenvalue weighted by molar-refractivity contribution is 7.89. The predicted octanol–water partition coefficient (Wildman–Crippen LogP) is 1.89. The topological polar surface area (TPSA) is 153 Å². The first kappa shape index (κ1) is 28.1. The van der Waals surface area contributed by atoms with Crippen LogP contribution < -0.4 is 4.72 Å². The highest BCUT2D eigenvalue weighted by Crippen LogP contribution is 2.24. The van der Waals surface area contributed by atoms with E-state index in [1.54, 1.807) is 61.7 Å². The minimum Gasteiger partial charge on any atom is -0.483 e. The molecule has 1 fully saturated rings. The van der Waals surface area contributed by atoms with Crippen LogP contribution in [-0.2, 0) is 30.8 Å². The number of H-pyrrole nitrogens is 1. The van der Waals surface area contributed by atoms with Crippen LogP contribution >= 0.6 is 11.6 Å². The van der Waals surface area contributed by atoms with E-state index < -0.39 is 28.0 Å². The van der Waals surface area contributed by atoms with Crippen LogP contribution in [0.4, 0.5) is 0 Å². The average Bonchev–Trinajstić information content (AvgIpc) is 3.51. The van der Waals surface area contributed by atoms with E-state index in [2.05, 4.69) is 14.7 Å². The number of carboxylic acid groups (broad SMARTS) is 1. The van der Waals surface area contributed by atoms with Gasteiger partial charge in [0.1, 0.15) is 12.1 Å². The number of aromatic nitrogens is 2. The molecule has 11 nitrogen and oxygen atoms in total. The van der Waals surface area contributed by atoms with E-state index in [9.17, 15) is 18.0 Å². The third-order valence-electron chi connectivity index (χ3n) is 6.08. The highest BCUT2D eigenvalue weighted by atomic mass is 35.5. The van der Waals surface area contributed by atoms with Gasteiger partial charge in [-0.05, 0) is 48.4 Å². The number of rotatable bonds is 8. The Kier molecular flexibility index (Phi) is 9.24. The highest BCUT2D eigenvalue weighted by Gasteiger charge is 2.39. The monoisotopic (exact) mass is 549 g/mol. The first-order valence-electron chi connectivity index (χ1n) is 11.4. The third kappa shape index (κ3) is 6.85. The molecule has 0 unspecified atom stereocenters. The Balaban J connectivity index is 0.00000121. The number of hydrogen-bond acceptors (Lipinski definition) is 6. The SMILES string of the molecule is C[C@@H](C(=O)N(C)CCc1c[nH]cn1)N1CC[C@H](NS(=O)(=O)c2ccc3cc(Cl)ccc3c2)C1=O.O=CO. The number of benzene rings is 2. The van der Waals surface area contributed by atoms with Gasteiger partial charge in [0.25, 0.3) is 6.47 Å². The van der Waals surface area contributed by atoms with Gasteiger partial charge in [-0.1, -0.05) is 23.7 Å². The fourth-order valence-electron chi connectivity index (χ4n) is 4.09. The first-order valence-corrected chi connectivity index (χ1v) is 13.3. The van der Waals surface area contributed by atoms with Crippen LogP contribution in [0.25, 0.3) is 10.8 Å². The Hall–Kier alpha value is -3.48. The minimum atomic E-state index is -3.93. The van der Waals surface area contributed by atoms with Crippen LogP contribution in [0.3, 0.4) is 0 Å². The standard InChI is InChI=1S/C23H26ClN5O4S.CH2O2/c1-15(22(30)28(2)9-7-19-13-25-14-26-19)29-10-8-21(23(29)31)27-34(32,33)20-6-4-16-11-18(24)5-3-17(16)12-20;2-1-3/h3-6,11-15,21,27H,7-10H2,1-2H3,(H,25,26);1H,(H,2,3)/t15-,21-;/m0./s1. The van der Waals surface area contributed by atoms with Gasteiger partial charge in [0, 0.05) is 37.8 Å². The van der Waals surface area contributed by atoms with Gasteiger partial charge < -0.3 is 19.9 Å². The molecule has 1 aromatic heterocycles. The smallest absolute Gasteiger partial charge is 0.290 e. The van der Waals surface area contributed by atoms with E-state index in [1.807, 2.05) is 0 Å². The number of sulfonamides is 1. The summed E-state index contributed by atoms with van der Waals surface area (Å²) in [5, 5.41) is 9.00. The number of carbonyl (C=O) groups is 3. The molecular weight excluding hydrogens is 522 g/mol. The quantitative estimate of drug-likeness (QED) is 0.363. The lowest BCUT2D eigenvalue weighted by Crippen LogP contribution is -2.49. The van der Waals surface area contributed by atoms with E-state index in [1.165, 1.54) is 11.0 Å². The lowest BCUT2D eigenvalue weighted by Gasteiger charge is -2.28. The number of aromatic amines is 1. The molecule has 3 N–H and O–H groups in total. The third-order valence-corrected chi connectivity index (χ3v) is 7.79. The van der Waals surface area contributed by atoms with Gasteiger partial charge in [0.05, 0.1) is 16.9 Å². The van der Waals surface area contributed by atoms with Crippen molar-refractivity contribution in [1.82, 2.24) is 24.5 Å². The number of imidazole rings is 1. The summed E-state index contributed by atoms with van der Waals surface area (Å²) in [7, 11) is -2.25. The number of likely N-dealkylation sites (N-methyl/N-ethyl adjacent to an activating group) is 1. The number of fused-ring (bicyclic) bond motifs is 1. The van der Waals surface area contributed by atoms with Crippen molar-refractivity contribution in [1.29, 1.82) is 0 Å². The lowest BCUT2D eigenvalue weighted by atomic mass is 10.1. The molecule has 3 aromatic rings. The molecular formula is C24H28ClN5O6S. The maximum atomic E-state index is 13.0. The molecule has 0 aliphatic carbocycles. The van der Waals surface area contributed by atoms with Crippen LogP contribution in [0.1, 0.15) is 19.0 Å². The maximum absolute atomic E-state index is 13.0. The molecule has 2 atom stereocenters. The van der Waals surface area contributed by atoms with E-state index in [-0.39, 0.29) is 23.7 Å². The van der Waals surface area contributed by atoms with E-state index >= 15 is 0 Å². The van der Waals surface area contributed by atoms with Gasteiger partial charge in [0.15, 0.2) is 0 Å². The largest absolute Gasteiger partial charge is 0.483 e. The summed E-state index contributed by atoms with van der Waals surface area (Å²) in [6, 6.07) is 8.28. The van der Waals surface area contributed by atoms with Crippen LogP contribution in [0, 0.1) is 0 Å². The summed E-state index contributed by atoms with van der Waals surface area (Å²) >= 11 is 6.00. The van der Waals surface area contributed by atoms with Gasteiger partial charge in [-0.25, -0.2) is 13.4 Å². The van der Waals surface area contributed by atoms with Gasteiger partial charge in [-0.15, -0.1) is 0 Å². The Morgan fingerprint density at radius 3 is 2.68 bits per heavy atom. The molecule has 1 saturated heterocycles. The van der Waals surface area contributed by atoms with Crippen molar-refractivity contribution in [2.45, 2.75) is 36.7 Å². The fourth-order valence-corrected chi connectivity index (χ4v) is 5.52. The molecule has 2 amide bonds.